The zero-order valence-corrected chi connectivity index (χ0v) is 13.6. The number of fused-ring (bicyclic) bond motifs is 5. The summed E-state index contributed by atoms with van der Waals surface area (Å²) in [5, 5.41) is 10.4. The number of aliphatic hydroxyl groups is 1. The Labute approximate surface area is 132 Å². The largest absolute Gasteiger partial charge is 0.393 e. The van der Waals surface area contributed by atoms with Crippen molar-refractivity contribution in [1.29, 1.82) is 0 Å². The molecule has 22 heavy (non-hydrogen) atoms. The molecule has 4 aliphatic carbocycles. The van der Waals surface area contributed by atoms with Gasteiger partial charge in [-0.2, -0.15) is 0 Å². The minimum atomic E-state index is -0.846. The van der Waals surface area contributed by atoms with Crippen LogP contribution in [0, 0.1) is 28.6 Å². The number of carbonyl (C=O) groups is 1. The molecule has 0 unspecified atom stereocenters. The Balaban J connectivity index is 1.74. The molecule has 4 rings (SSSR count). The van der Waals surface area contributed by atoms with Crippen molar-refractivity contribution in [3.8, 4) is 0 Å². The lowest BCUT2D eigenvalue weighted by atomic mass is 9.47. The lowest BCUT2D eigenvalue weighted by Crippen LogP contribution is -2.56. The summed E-state index contributed by atoms with van der Waals surface area (Å²) in [6.07, 6.45) is 6.32. The van der Waals surface area contributed by atoms with E-state index in [-0.39, 0.29) is 28.6 Å². The Hall–Kier alpha value is -0.700. The van der Waals surface area contributed by atoms with Crippen LogP contribution in [0.4, 0.5) is 4.39 Å². The van der Waals surface area contributed by atoms with Crippen molar-refractivity contribution in [2.24, 2.45) is 28.6 Å². The van der Waals surface area contributed by atoms with Gasteiger partial charge in [0.2, 0.25) is 0 Å². The van der Waals surface area contributed by atoms with E-state index in [4.69, 9.17) is 0 Å². The zero-order chi connectivity index (χ0) is 15.7. The van der Waals surface area contributed by atoms with Crippen molar-refractivity contribution >= 4 is 5.78 Å². The summed E-state index contributed by atoms with van der Waals surface area (Å²) in [5.74, 6) is 1.10. The van der Waals surface area contributed by atoms with Crippen molar-refractivity contribution < 1.29 is 14.3 Å². The van der Waals surface area contributed by atoms with Gasteiger partial charge < -0.3 is 5.11 Å². The van der Waals surface area contributed by atoms with Crippen LogP contribution in [-0.2, 0) is 4.79 Å². The second kappa shape index (κ2) is 4.66. The van der Waals surface area contributed by atoms with Crippen LogP contribution < -0.4 is 0 Å². The van der Waals surface area contributed by atoms with E-state index >= 15 is 4.39 Å². The molecule has 0 bridgehead atoms. The number of allylic oxidation sites excluding steroid dienone is 1. The van der Waals surface area contributed by atoms with E-state index in [1.54, 1.807) is 0 Å². The first-order valence-corrected chi connectivity index (χ1v) is 8.92. The highest BCUT2D eigenvalue weighted by molar-refractivity contribution is 5.91. The Morgan fingerprint density at radius 3 is 2.77 bits per heavy atom. The first-order valence-electron chi connectivity index (χ1n) is 8.92. The van der Waals surface area contributed by atoms with Crippen molar-refractivity contribution in [3.05, 3.63) is 11.6 Å². The van der Waals surface area contributed by atoms with Gasteiger partial charge in [0.15, 0.2) is 5.78 Å². The maximum absolute atomic E-state index is 15.3. The summed E-state index contributed by atoms with van der Waals surface area (Å²) >= 11 is 0. The van der Waals surface area contributed by atoms with Gasteiger partial charge in [-0.3, -0.25) is 4.79 Å². The molecule has 1 N–H and O–H groups in total. The quantitative estimate of drug-likeness (QED) is 0.738. The lowest BCUT2D eigenvalue weighted by Gasteiger charge is -2.58. The fourth-order valence-corrected chi connectivity index (χ4v) is 6.59. The van der Waals surface area contributed by atoms with Crippen LogP contribution in [0.2, 0.25) is 0 Å². The van der Waals surface area contributed by atoms with Crippen LogP contribution in [0.1, 0.15) is 58.8 Å². The molecule has 7 atom stereocenters. The molecule has 0 spiro atoms. The topological polar surface area (TPSA) is 37.3 Å². The van der Waals surface area contributed by atoms with E-state index in [0.29, 0.717) is 24.7 Å². The van der Waals surface area contributed by atoms with E-state index in [2.05, 4.69) is 13.8 Å². The van der Waals surface area contributed by atoms with Crippen LogP contribution >= 0.6 is 0 Å². The standard InChI is InChI=1S/C19H27FO2/c1-18-8-7-12(21)9-11(18)3-4-13-14-5-6-16(22)19(14,2)10-15(20)17(13)18/h9,13-17,22H,3-8,10H2,1-2H3/t13-,14-,15-,16-,17+,18-,19-/m0/s1. The smallest absolute Gasteiger partial charge is 0.155 e. The number of halogens is 1. The van der Waals surface area contributed by atoms with Gasteiger partial charge in [0.1, 0.15) is 6.17 Å². The maximum atomic E-state index is 15.3. The average molecular weight is 306 g/mol. The molecule has 0 aromatic rings. The van der Waals surface area contributed by atoms with E-state index in [1.165, 1.54) is 5.57 Å². The van der Waals surface area contributed by atoms with Gasteiger partial charge in [-0.15, -0.1) is 0 Å². The molecule has 3 heteroatoms. The number of aliphatic hydroxyl groups excluding tert-OH is 1. The van der Waals surface area contributed by atoms with E-state index in [9.17, 15) is 9.90 Å². The molecule has 4 aliphatic rings. The molecule has 2 nitrogen and oxygen atoms in total. The number of rotatable bonds is 0. The van der Waals surface area contributed by atoms with Crippen molar-refractivity contribution in [1.82, 2.24) is 0 Å². The number of alkyl halides is 1. The van der Waals surface area contributed by atoms with Crippen molar-refractivity contribution in [2.75, 3.05) is 0 Å². The minimum absolute atomic E-state index is 0.0453. The monoisotopic (exact) mass is 306 g/mol. The van der Waals surface area contributed by atoms with Gasteiger partial charge in [0, 0.05) is 12.3 Å². The van der Waals surface area contributed by atoms with Gasteiger partial charge >= 0.3 is 0 Å². The third kappa shape index (κ3) is 1.78. The number of hydrogen-bond donors (Lipinski definition) is 1. The highest BCUT2D eigenvalue weighted by Crippen LogP contribution is 2.65. The van der Waals surface area contributed by atoms with Crippen LogP contribution in [0.3, 0.4) is 0 Å². The van der Waals surface area contributed by atoms with Gasteiger partial charge in [-0.25, -0.2) is 4.39 Å². The fraction of sp³-hybridized carbons (Fsp3) is 0.842. The molecular weight excluding hydrogens is 279 g/mol. The Bertz CT molecular complexity index is 542. The highest BCUT2D eigenvalue weighted by Gasteiger charge is 2.62. The van der Waals surface area contributed by atoms with Gasteiger partial charge in [0.05, 0.1) is 6.10 Å². The summed E-state index contributed by atoms with van der Waals surface area (Å²) in [5.41, 5.74) is 0.836. The molecule has 0 aromatic heterocycles. The molecule has 0 aliphatic heterocycles. The molecule has 3 saturated carbocycles. The van der Waals surface area contributed by atoms with Crippen LogP contribution in [-0.4, -0.2) is 23.2 Å². The second-order valence-electron chi connectivity index (χ2n) is 8.71. The molecule has 3 fully saturated rings. The molecule has 0 saturated heterocycles. The highest BCUT2D eigenvalue weighted by atomic mass is 19.1. The third-order valence-corrected chi connectivity index (χ3v) is 7.80. The summed E-state index contributed by atoms with van der Waals surface area (Å²) in [6, 6.07) is 0. The van der Waals surface area contributed by atoms with Crippen LogP contribution in [0.25, 0.3) is 0 Å². The van der Waals surface area contributed by atoms with E-state index in [1.807, 2.05) is 6.08 Å². The Morgan fingerprint density at radius 2 is 2.00 bits per heavy atom. The Kier molecular flexibility index (Phi) is 3.15. The molecular formula is C19H27FO2. The first kappa shape index (κ1) is 14.9. The predicted octanol–water partition coefficient (Wildman–Crippen LogP) is 3.83. The van der Waals surface area contributed by atoms with Crippen LogP contribution in [0.15, 0.2) is 11.6 Å². The minimum Gasteiger partial charge on any atom is -0.393 e. The zero-order valence-electron chi connectivity index (χ0n) is 13.6. The van der Waals surface area contributed by atoms with Gasteiger partial charge in [-0.1, -0.05) is 19.4 Å². The second-order valence-corrected chi connectivity index (χ2v) is 8.71. The summed E-state index contributed by atoms with van der Waals surface area (Å²) in [6.45, 7) is 4.30. The predicted molar refractivity (Wildman–Crippen MR) is 83.0 cm³/mol. The number of ketones is 1. The number of carbonyl (C=O) groups excluding carboxylic acids is 1. The first-order chi connectivity index (χ1) is 10.4. The SMILES string of the molecule is C[C@]12C[C@H](F)[C@H]3[C@@H](CCC4=CC(=O)CC[C@@]43C)[C@@H]1CC[C@@H]2O. The molecule has 0 heterocycles. The average Bonchev–Trinajstić information content (AvgIpc) is 2.75. The maximum Gasteiger partial charge on any atom is 0.155 e. The lowest BCUT2D eigenvalue weighted by molar-refractivity contribution is -0.125. The van der Waals surface area contributed by atoms with Crippen molar-refractivity contribution in [3.63, 3.8) is 0 Å². The summed E-state index contributed by atoms with van der Waals surface area (Å²) in [7, 11) is 0. The summed E-state index contributed by atoms with van der Waals surface area (Å²) in [4.78, 5) is 11.8. The normalized spacial score (nSPS) is 54.3. The fourth-order valence-electron chi connectivity index (χ4n) is 6.59. The van der Waals surface area contributed by atoms with Gasteiger partial charge in [-0.05, 0) is 67.3 Å². The van der Waals surface area contributed by atoms with Crippen LogP contribution in [0.5, 0.6) is 0 Å². The van der Waals surface area contributed by atoms with Gasteiger partial charge in [0.25, 0.3) is 0 Å². The number of hydrogen-bond acceptors (Lipinski definition) is 2. The molecule has 0 amide bonds. The summed E-state index contributed by atoms with van der Waals surface area (Å²) < 4.78 is 15.3. The third-order valence-electron chi connectivity index (χ3n) is 7.80. The van der Waals surface area contributed by atoms with E-state index < -0.39 is 6.17 Å². The van der Waals surface area contributed by atoms with E-state index in [0.717, 1.165) is 32.1 Å². The molecule has 122 valence electrons. The molecule has 0 radical (unpaired) electrons. The van der Waals surface area contributed by atoms with Crippen molar-refractivity contribution in [2.45, 2.75) is 71.1 Å². The molecule has 0 aromatic carbocycles. The Morgan fingerprint density at radius 1 is 1.23 bits per heavy atom.